The number of anilines is 1. The van der Waals surface area contributed by atoms with E-state index in [9.17, 15) is 4.79 Å². The van der Waals surface area contributed by atoms with Gasteiger partial charge >= 0.3 is 6.03 Å². The monoisotopic (exact) mass is 331 g/mol. The molecule has 1 rings (SSSR count). The second-order valence-electron chi connectivity index (χ2n) is 5.71. The van der Waals surface area contributed by atoms with Crippen molar-refractivity contribution in [2.75, 3.05) is 26.0 Å². The van der Waals surface area contributed by atoms with Gasteiger partial charge in [-0.05, 0) is 44.6 Å². The predicted octanol–water partition coefficient (Wildman–Crippen LogP) is 4.09. The average Bonchev–Trinajstić information content (AvgIpc) is 2.38. The van der Waals surface area contributed by atoms with E-state index < -0.39 is 0 Å². The maximum absolute atomic E-state index is 11.9. The summed E-state index contributed by atoms with van der Waals surface area (Å²) in [7, 11) is 4.04. The van der Waals surface area contributed by atoms with Crippen LogP contribution in [0.4, 0.5) is 10.5 Å². The first-order chi connectivity index (χ1) is 9.79. The van der Waals surface area contributed by atoms with Crippen molar-refractivity contribution in [3.8, 4) is 0 Å². The molecule has 0 aliphatic carbocycles. The normalized spacial score (nSPS) is 12.6. The Balaban J connectivity index is 2.50. The summed E-state index contributed by atoms with van der Waals surface area (Å²) in [6.07, 6.45) is 1.03. The fraction of sp³-hybridized carbons (Fsp3) is 0.533. The SMILES string of the molecule is CC(C)C[C@H](CNC(=O)Nc1ccc(Cl)c(Cl)c1)N(C)C. The molecule has 1 aromatic rings. The molecule has 0 saturated carbocycles. The number of amides is 2. The number of carbonyl (C=O) groups excluding carboxylic acids is 1. The summed E-state index contributed by atoms with van der Waals surface area (Å²) < 4.78 is 0. The van der Waals surface area contributed by atoms with Crippen LogP contribution in [-0.4, -0.2) is 37.6 Å². The minimum atomic E-state index is -0.246. The minimum absolute atomic E-state index is 0.246. The zero-order valence-electron chi connectivity index (χ0n) is 12.9. The Kier molecular flexibility index (Phi) is 7.29. The van der Waals surface area contributed by atoms with Crippen LogP contribution >= 0.6 is 23.2 Å². The van der Waals surface area contributed by atoms with Gasteiger partial charge in [0, 0.05) is 18.3 Å². The molecule has 0 unspecified atom stereocenters. The molecule has 0 aliphatic rings. The van der Waals surface area contributed by atoms with Crippen LogP contribution < -0.4 is 10.6 Å². The van der Waals surface area contributed by atoms with Crippen molar-refractivity contribution in [1.29, 1.82) is 0 Å². The number of carbonyl (C=O) groups is 1. The second-order valence-corrected chi connectivity index (χ2v) is 6.53. The number of hydrogen-bond donors (Lipinski definition) is 2. The number of nitrogens with one attached hydrogen (secondary N) is 2. The van der Waals surface area contributed by atoms with E-state index in [1.807, 2.05) is 14.1 Å². The third kappa shape index (κ3) is 6.55. The first kappa shape index (κ1) is 18.1. The molecule has 118 valence electrons. The summed E-state index contributed by atoms with van der Waals surface area (Å²) in [6, 6.07) is 5.06. The van der Waals surface area contributed by atoms with E-state index in [1.54, 1.807) is 18.2 Å². The molecule has 6 heteroatoms. The molecule has 0 fully saturated rings. The molecule has 4 nitrogen and oxygen atoms in total. The molecule has 0 aromatic heterocycles. The van der Waals surface area contributed by atoms with Crippen LogP contribution in [0.2, 0.25) is 10.0 Å². The molecule has 0 aliphatic heterocycles. The topological polar surface area (TPSA) is 44.4 Å². The van der Waals surface area contributed by atoms with Crippen LogP contribution in [-0.2, 0) is 0 Å². The van der Waals surface area contributed by atoms with Crippen LogP contribution in [0.3, 0.4) is 0 Å². The molecule has 0 bridgehead atoms. The zero-order chi connectivity index (χ0) is 16.0. The zero-order valence-corrected chi connectivity index (χ0v) is 14.4. The number of rotatable bonds is 6. The molecule has 0 heterocycles. The van der Waals surface area contributed by atoms with Gasteiger partial charge in [-0.1, -0.05) is 37.0 Å². The number of nitrogens with zero attached hydrogens (tertiary/aromatic N) is 1. The summed E-state index contributed by atoms with van der Waals surface area (Å²) in [5.41, 5.74) is 0.618. The van der Waals surface area contributed by atoms with Crippen molar-refractivity contribution in [3.05, 3.63) is 28.2 Å². The number of halogens is 2. The van der Waals surface area contributed by atoms with E-state index in [4.69, 9.17) is 23.2 Å². The van der Waals surface area contributed by atoms with E-state index >= 15 is 0 Å². The fourth-order valence-electron chi connectivity index (χ4n) is 1.98. The van der Waals surface area contributed by atoms with Gasteiger partial charge in [-0.2, -0.15) is 0 Å². The molecular formula is C15H23Cl2N3O. The largest absolute Gasteiger partial charge is 0.336 e. The van der Waals surface area contributed by atoms with E-state index in [0.717, 1.165) is 6.42 Å². The lowest BCUT2D eigenvalue weighted by Gasteiger charge is -2.26. The van der Waals surface area contributed by atoms with Crippen molar-refractivity contribution >= 4 is 34.9 Å². The quantitative estimate of drug-likeness (QED) is 0.824. The summed E-state index contributed by atoms with van der Waals surface area (Å²) >= 11 is 11.8. The van der Waals surface area contributed by atoms with E-state index in [0.29, 0.717) is 34.2 Å². The van der Waals surface area contributed by atoms with Gasteiger partial charge in [-0.3, -0.25) is 0 Å². The third-order valence-electron chi connectivity index (χ3n) is 3.15. The van der Waals surface area contributed by atoms with Gasteiger partial charge in [-0.25, -0.2) is 4.79 Å². The standard InChI is InChI=1S/C15H23Cl2N3O/c1-10(2)7-12(20(3)4)9-18-15(21)19-11-5-6-13(16)14(17)8-11/h5-6,8,10,12H,7,9H2,1-4H3,(H2,18,19,21)/t12-/m1/s1. The van der Waals surface area contributed by atoms with Crippen molar-refractivity contribution in [1.82, 2.24) is 10.2 Å². The lowest BCUT2D eigenvalue weighted by molar-refractivity contribution is 0.231. The van der Waals surface area contributed by atoms with Crippen LogP contribution in [0, 0.1) is 5.92 Å². The molecule has 0 radical (unpaired) electrons. The maximum atomic E-state index is 11.9. The number of benzene rings is 1. The van der Waals surface area contributed by atoms with Crippen LogP contribution in [0.15, 0.2) is 18.2 Å². The Hall–Kier alpha value is -0.970. The van der Waals surface area contributed by atoms with E-state index in [1.165, 1.54) is 0 Å². The van der Waals surface area contributed by atoms with Gasteiger partial charge in [0.15, 0.2) is 0 Å². The molecule has 1 aromatic carbocycles. The van der Waals surface area contributed by atoms with Gasteiger partial charge in [0.05, 0.1) is 10.0 Å². The van der Waals surface area contributed by atoms with Gasteiger partial charge in [0.2, 0.25) is 0 Å². The Morgan fingerprint density at radius 1 is 1.24 bits per heavy atom. The van der Waals surface area contributed by atoms with E-state index in [2.05, 4.69) is 29.4 Å². The fourth-order valence-corrected chi connectivity index (χ4v) is 2.28. The number of urea groups is 1. The van der Waals surface area contributed by atoms with Gasteiger partial charge in [0.1, 0.15) is 0 Å². The first-order valence-corrected chi connectivity index (χ1v) is 7.71. The Morgan fingerprint density at radius 2 is 1.90 bits per heavy atom. The molecular weight excluding hydrogens is 309 g/mol. The molecule has 0 saturated heterocycles. The molecule has 1 atom stereocenters. The lowest BCUT2D eigenvalue weighted by atomic mass is 10.0. The highest BCUT2D eigenvalue weighted by molar-refractivity contribution is 6.42. The smallest absolute Gasteiger partial charge is 0.319 e. The maximum Gasteiger partial charge on any atom is 0.319 e. The van der Waals surface area contributed by atoms with Crippen molar-refractivity contribution in [2.45, 2.75) is 26.3 Å². The Labute approximate surface area is 136 Å². The lowest BCUT2D eigenvalue weighted by Crippen LogP contribution is -2.42. The molecule has 21 heavy (non-hydrogen) atoms. The number of likely N-dealkylation sites (N-methyl/N-ethyl adjacent to an activating group) is 1. The molecule has 2 amide bonds. The van der Waals surface area contributed by atoms with Crippen molar-refractivity contribution in [2.24, 2.45) is 5.92 Å². The van der Waals surface area contributed by atoms with E-state index in [-0.39, 0.29) is 6.03 Å². The predicted molar refractivity (Wildman–Crippen MR) is 90.4 cm³/mol. The highest BCUT2D eigenvalue weighted by Gasteiger charge is 2.14. The van der Waals surface area contributed by atoms with Crippen molar-refractivity contribution < 1.29 is 4.79 Å². The highest BCUT2D eigenvalue weighted by Crippen LogP contribution is 2.24. The molecule has 2 N–H and O–H groups in total. The summed E-state index contributed by atoms with van der Waals surface area (Å²) in [5.74, 6) is 0.581. The highest BCUT2D eigenvalue weighted by atomic mass is 35.5. The summed E-state index contributed by atoms with van der Waals surface area (Å²) in [6.45, 7) is 4.94. The van der Waals surface area contributed by atoms with Gasteiger partial charge in [0.25, 0.3) is 0 Å². The van der Waals surface area contributed by atoms with Crippen molar-refractivity contribution in [3.63, 3.8) is 0 Å². The molecule has 0 spiro atoms. The average molecular weight is 332 g/mol. The van der Waals surface area contributed by atoms with Crippen LogP contribution in [0.1, 0.15) is 20.3 Å². The second kappa shape index (κ2) is 8.47. The third-order valence-corrected chi connectivity index (χ3v) is 3.89. The Morgan fingerprint density at radius 3 is 2.43 bits per heavy atom. The van der Waals surface area contributed by atoms with Gasteiger partial charge < -0.3 is 15.5 Å². The Bertz CT molecular complexity index is 478. The summed E-state index contributed by atoms with van der Waals surface area (Å²) in [5, 5.41) is 6.51. The van der Waals surface area contributed by atoms with Gasteiger partial charge in [-0.15, -0.1) is 0 Å². The summed E-state index contributed by atoms with van der Waals surface area (Å²) in [4.78, 5) is 14.0. The minimum Gasteiger partial charge on any atom is -0.336 e. The first-order valence-electron chi connectivity index (χ1n) is 6.96. The van der Waals surface area contributed by atoms with Crippen LogP contribution in [0.25, 0.3) is 0 Å². The van der Waals surface area contributed by atoms with Crippen LogP contribution in [0.5, 0.6) is 0 Å². The number of hydrogen-bond acceptors (Lipinski definition) is 2.